The number of benzene rings is 2. The molecule has 2 aromatic rings. The first kappa shape index (κ1) is 12.9. The lowest BCUT2D eigenvalue weighted by Crippen LogP contribution is -2.22. The van der Waals surface area contributed by atoms with Gasteiger partial charge in [0.15, 0.2) is 0 Å². The molecule has 1 aliphatic heterocycles. The van der Waals surface area contributed by atoms with E-state index in [4.69, 9.17) is 11.6 Å². The van der Waals surface area contributed by atoms with Crippen LogP contribution in [0.5, 0.6) is 0 Å². The van der Waals surface area contributed by atoms with Gasteiger partial charge >= 0.3 is 0 Å². The van der Waals surface area contributed by atoms with E-state index in [0.717, 1.165) is 22.5 Å². The highest BCUT2D eigenvalue weighted by atomic mass is 35.5. The van der Waals surface area contributed by atoms with Crippen LogP contribution in [0.4, 0.5) is 5.69 Å². The number of nitrogens with one attached hydrogen (secondary N) is 1. The highest BCUT2D eigenvalue weighted by molar-refractivity contribution is 6.32. The van der Waals surface area contributed by atoms with Crippen molar-refractivity contribution in [1.29, 1.82) is 0 Å². The Morgan fingerprint density at radius 1 is 1.15 bits per heavy atom. The number of hydrogen-bond donors (Lipinski definition) is 1. The average molecular weight is 285 g/mol. The molecule has 1 heterocycles. The summed E-state index contributed by atoms with van der Waals surface area (Å²) in [5, 5.41) is 3.51. The van der Waals surface area contributed by atoms with Crippen LogP contribution < -0.4 is 5.32 Å². The largest absolute Gasteiger partial charge is 0.324 e. The van der Waals surface area contributed by atoms with Gasteiger partial charge in [-0.2, -0.15) is 0 Å². The fourth-order valence-electron chi connectivity index (χ4n) is 2.21. The zero-order chi connectivity index (χ0) is 14.1. The molecule has 1 atom stereocenters. The summed E-state index contributed by atoms with van der Waals surface area (Å²) in [5.41, 5.74) is 3.35. The molecule has 3 nitrogen and oxygen atoms in total. The van der Waals surface area contributed by atoms with Gasteiger partial charge in [-0.3, -0.25) is 9.79 Å². The number of rotatable bonds is 1. The standard InChI is InChI=1S/C16H13ClN2O/c1-10-16(20)19-14-8-7-12(17)9-13(14)15(18-10)11-5-3-2-4-6-11/h2-10H,1H3,(H,19,20)/t10-/m1/s1. The number of aliphatic imine (C=N–C) groups is 1. The molecule has 0 aromatic heterocycles. The predicted molar refractivity (Wildman–Crippen MR) is 81.6 cm³/mol. The molecule has 0 radical (unpaired) electrons. The normalized spacial score (nSPS) is 17.8. The van der Waals surface area contributed by atoms with Crippen molar-refractivity contribution in [2.24, 2.45) is 4.99 Å². The molecule has 2 aromatic carbocycles. The molecule has 20 heavy (non-hydrogen) atoms. The summed E-state index contributed by atoms with van der Waals surface area (Å²) in [5.74, 6) is -0.112. The molecule has 0 bridgehead atoms. The molecule has 3 rings (SSSR count). The Balaban J connectivity index is 2.23. The van der Waals surface area contributed by atoms with Crippen LogP contribution >= 0.6 is 11.6 Å². The maximum atomic E-state index is 12.0. The molecule has 0 aliphatic carbocycles. The summed E-state index contributed by atoms with van der Waals surface area (Å²) < 4.78 is 0. The van der Waals surface area contributed by atoms with Crippen molar-refractivity contribution in [3.05, 3.63) is 64.7 Å². The first-order chi connectivity index (χ1) is 9.65. The molecule has 1 aliphatic rings. The second kappa shape index (κ2) is 5.10. The number of carbonyl (C=O) groups excluding carboxylic acids is 1. The molecule has 0 unspecified atom stereocenters. The van der Waals surface area contributed by atoms with E-state index in [1.165, 1.54) is 0 Å². The van der Waals surface area contributed by atoms with Gasteiger partial charge in [0.05, 0.1) is 11.4 Å². The third-order valence-electron chi connectivity index (χ3n) is 3.24. The Labute approximate surface area is 122 Å². The lowest BCUT2D eigenvalue weighted by molar-refractivity contribution is -0.116. The number of benzodiazepines with no additional fused rings is 1. The number of halogens is 1. The van der Waals surface area contributed by atoms with Crippen molar-refractivity contribution in [1.82, 2.24) is 0 Å². The van der Waals surface area contributed by atoms with Crippen molar-refractivity contribution >= 4 is 28.9 Å². The Kier molecular flexibility index (Phi) is 3.28. The fraction of sp³-hybridized carbons (Fsp3) is 0.125. The van der Waals surface area contributed by atoms with Crippen LogP contribution in [0.1, 0.15) is 18.1 Å². The minimum absolute atomic E-state index is 0.112. The summed E-state index contributed by atoms with van der Waals surface area (Å²) in [7, 11) is 0. The molecule has 100 valence electrons. The predicted octanol–water partition coefficient (Wildman–Crippen LogP) is 3.52. The van der Waals surface area contributed by atoms with Crippen molar-refractivity contribution in [2.75, 3.05) is 5.32 Å². The molecular weight excluding hydrogens is 272 g/mol. The van der Waals surface area contributed by atoms with Gasteiger partial charge in [0.25, 0.3) is 0 Å². The highest BCUT2D eigenvalue weighted by Gasteiger charge is 2.22. The Hall–Kier alpha value is -2.13. The summed E-state index contributed by atoms with van der Waals surface area (Å²) in [6.07, 6.45) is 0. The Morgan fingerprint density at radius 2 is 1.90 bits per heavy atom. The van der Waals surface area contributed by atoms with E-state index in [0.29, 0.717) is 5.02 Å². The van der Waals surface area contributed by atoms with Gasteiger partial charge in [0.1, 0.15) is 6.04 Å². The molecule has 0 saturated carbocycles. The van der Waals surface area contributed by atoms with Crippen LogP contribution in [0.2, 0.25) is 5.02 Å². The summed E-state index contributed by atoms with van der Waals surface area (Å²) in [6, 6.07) is 14.8. The quantitative estimate of drug-likeness (QED) is 0.855. The van der Waals surface area contributed by atoms with E-state index < -0.39 is 6.04 Å². The van der Waals surface area contributed by atoms with Crippen molar-refractivity contribution < 1.29 is 4.79 Å². The summed E-state index contributed by atoms with van der Waals surface area (Å²) in [6.45, 7) is 1.78. The average Bonchev–Trinajstić information content (AvgIpc) is 2.58. The SMILES string of the molecule is C[C@H]1N=C(c2ccccc2)c2cc(Cl)ccc2NC1=O. The molecule has 1 amide bonds. The molecule has 4 heteroatoms. The van der Waals surface area contributed by atoms with Crippen LogP contribution in [0.15, 0.2) is 53.5 Å². The van der Waals surface area contributed by atoms with Gasteiger partial charge in [-0.1, -0.05) is 41.9 Å². The second-order valence-corrected chi connectivity index (χ2v) is 5.14. The van der Waals surface area contributed by atoms with Crippen LogP contribution in [0.25, 0.3) is 0 Å². The lowest BCUT2D eigenvalue weighted by Gasteiger charge is -2.10. The van der Waals surface area contributed by atoms with Gasteiger partial charge in [-0.15, -0.1) is 0 Å². The maximum Gasteiger partial charge on any atom is 0.248 e. The topological polar surface area (TPSA) is 41.5 Å². The van der Waals surface area contributed by atoms with E-state index in [1.807, 2.05) is 42.5 Å². The number of nitrogens with zero attached hydrogens (tertiary/aromatic N) is 1. The molecule has 0 fully saturated rings. The second-order valence-electron chi connectivity index (χ2n) is 4.70. The minimum atomic E-state index is -0.434. The number of carbonyl (C=O) groups is 1. The highest BCUT2D eigenvalue weighted by Crippen LogP contribution is 2.27. The van der Waals surface area contributed by atoms with Crippen molar-refractivity contribution in [2.45, 2.75) is 13.0 Å². The zero-order valence-electron chi connectivity index (χ0n) is 10.9. The lowest BCUT2D eigenvalue weighted by atomic mass is 10.0. The van der Waals surface area contributed by atoms with Crippen molar-refractivity contribution in [3.8, 4) is 0 Å². The first-order valence-corrected chi connectivity index (χ1v) is 6.77. The molecule has 0 saturated heterocycles. The monoisotopic (exact) mass is 284 g/mol. The molecule has 1 N–H and O–H groups in total. The van der Waals surface area contributed by atoms with E-state index in [1.54, 1.807) is 13.0 Å². The van der Waals surface area contributed by atoms with Crippen LogP contribution in [0.3, 0.4) is 0 Å². The first-order valence-electron chi connectivity index (χ1n) is 6.39. The smallest absolute Gasteiger partial charge is 0.248 e. The Bertz CT molecular complexity index is 695. The molecular formula is C16H13ClN2O. The number of fused-ring (bicyclic) bond motifs is 1. The summed E-state index contributed by atoms with van der Waals surface area (Å²) >= 11 is 6.09. The summed E-state index contributed by atoms with van der Waals surface area (Å²) in [4.78, 5) is 16.5. The van der Waals surface area contributed by atoms with E-state index >= 15 is 0 Å². The van der Waals surface area contributed by atoms with Gasteiger partial charge in [-0.25, -0.2) is 0 Å². The minimum Gasteiger partial charge on any atom is -0.324 e. The third kappa shape index (κ3) is 2.32. The van der Waals surface area contributed by atoms with Gasteiger partial charge in [-0.05, 0) is 25.1 Å². The molecule has 0 spiro atoms. The van der Waals surface area contributed by atoms with E-state index in [-0.39, 0.29) is 5.91 Å². The van der Waals surface area contributed by atoms with E-state index in [9.17, 15) is 4.79 Å². The Morgan fingerprint density at radius 3 is 2.65 bits per heavy atom. The van der Waals surface area contributed by atoms with Crippen LogP contribution in [0, 0.1) is 0 Å². The van der Waals surface area contributed by atoms with E-state index in [2.05, 4.69) is 10.3 Å². The van der Waals surface area contributed by atoms with Crippen LogP contribution in [-0.2, 0) is 4.79 Å². The maximum absolute atomic E-state index is 12.0. The number of anilines is 1. The van der Waals surface area contributed by atoms with Gasteiger partial charge < -0.3 is 5.32 Å². The van der Waals surface area contributed by atoms with Crippen molar-refractivity contribution in [3.63, 3.8) is 0 Å². The van der Waals surface area contributed by atoms with Gasteiger partial charge in [0, 0.05) is 16.1 Å². The van der Waals surface area contributed by atoms with Crippen LogP contribution in [-0.4, -0.2) is 17.7 Å². The fourth-order valence-corrected chi connectivity index (χ4v) is 2.38. The third-order valence-corrected chi connectivity index (χ3v) is 3.48. The zero-order valence-corrected chi connectivity index (χ0v) is 11.7. The number of hydrogen-bond acceptors (Lipinski definition) is 2. The van der Waals surface area contributed by atoms with Gasteiger partial charge in [0.2, 0.25) is 5.91 Å². The number of amides is 1.